The zero-order valence-electron chi connectivity index (χ0n) is 17.1. The monoisotopic (exact) mass is 476 g/mol. The van der Waals surface area contributed by atoms with Crippen molar-refractivity contribution in [2.45, 2.75) is 44.4 Å². The topological polar surface area (TPSA) is 131 Å². The van der Waals surface area contributed by atoms with Crippen molar-refractivity contribution in [2.24, 2.45) is 0 Å². The highest BCUT2D eigenvalue weighted by atomic mass is 32.2. The standard InChI is InChI=1S/C18H19F3N4O6S/c1-7-4-11(18(19,20)21)23-25(7)8(2)14(27)22-12-15(28)24-13(17(29)30)10(5-31-9(3)26)6-32-16(12)24/h4,8,12,16H,5-6H2,1-3H3,(H,22,27)(H,29,30). The number of ether oxygens (including phenoxy) is 1. The van der Waals surface area contributed by atoms with Crippen LogP contribution in [-0.2, 0) is 30.1 Å². The largest absolute Gasteiger partial charge is 0.477 e. The first-order valence-corrected chi connectivity index (χ1v) is 10.3. The van der Waals surface area contributed by atoms with Crippen LogP contribution in [0.25, 0.3) is 0 Å². The Hall–Kier alpha value is -3.03. The second kappa shape index (κ2) is 8.48. The summed E-state index contributed by atoms with van der Waals surface area (Å²) in [4.78, 5) is 49.0. The third kappa shape index (κ3) is 4.31. The van der Waals surface area contributed by atoms with E-state index in [1.165, 1.54) is 32.5 Å². The van der Waals surface area contributed by atoms with Gasteiger partial charge in [-0.15, -0.1) is 11.8 Å². The fourth-order valence-electron chi connectivity index (χ4n) is 3.39. The Balaban J connectivity index is 1.74. The Morgan fingerprint density at radius 3 is 2.59 bits per heavy atom. The van der Waals surface area contributed by atoms with Crippen molar-refractivity contribution in [3.05, 3.63) is 28.7 Å². The molecular formula is C18H19F3N4O6S. The number of alkyl halides is 3. The van der Waals surface area contributed by atoms with E-state index in [1.54, 1.807) is 0 Å². The normalized spacial score (nSPS) is 21.6. The molecule has 0 aliphatic carbocycles. The molecule has 174 valence electrons. The predicted octanol–water partition coefficient (Wildman–Crippen LogP) is 1.07. The smallest absolute Gasteiger partial charge is 0.435 e. The quantitative estimate of drug-likeness (QED) is 0.461. The first-order chi connectivity index (χ1) is 14.8. The lowest BCUT2D eigenvalue weighted by Gasteiger charge is -2.49. The van der Waals surface area contributed by atoms with Crippen molar-refractivity contribution in [2.75, 3.05) is 12.4 Å². The lowest BCUT2D eigenvalue weighted by molar-refractivity contribution is -0.151. The molecule has 14 heteroatoms. The first kappa shape index (κ1) is 23.6. The van der Waals surface area contributed by atoms with E-state index in [0.717, 1.165) is 15.6 Å². The van der Waals surface area contributed by atoms with Gasteiger partial charge in [0, 0.05) is 23.9 Å². The average molecular weight is 476 g/mol. The van der Waals surface area contributed by atoms with Crippen LogP contribution in [0.5, 0.6) is 0 Å². The number of carboxylic acid groups (broad SMARTS) is 1. The van der Waals surface area contributed by atoms with Crippen molar-refractivity contribution < 1.29 is 42.2 Å². The number of fused-ring (bicyclic) bond motifs is 1. The summed E-state index contributed by atoms with van der Waals surface area (Å²) >= 11 is 1.17. The lowest BCUT2D eigenvalue weighted by atomic mass is 10.0. The number of carboxylic acids is 1. The fourth-order valence-corrected chi connectivity index (χ4v) is 4.71. The van der Waals surface area contributed by atoms with Gasteiger partial charge in [-0.3, -0.25) is 24.0 Å². The molecule has 32 heavy (non-hydrogen) atoms. The number of hydrogen-bond acceptors (Lipinski definition) is 7. The maximum atomic E-state index is 12.9. The molecule has 0 radical (unpaired) electrons. The molecule has 2 N–H and O–H groups in total. The highest BCUT2D eigenvalue weighted by Crippen LogP contribution is 2.40. The summed E-state index contributed by atoms with van der Waals surface area (Å²) < 4.78 is 44.4. The Bertz CT molecular complexity index is 1020. The van der Waals surface area contributed by atoms with E-state index in [9.17, 15) is 37.5 Å². The molecule has 2 aliphatic heterocycles. The molecule has 1 saturated heterocycles. The summed E-state index contributed by atoms with van der Waals surface area (Å²) in [5, 5.41) is 14.7. The molecule has 0 saturated carbocycles. The molecule has 3 heterocycles. The van der Waals surface area contributed by atoms with E-state index in [-0.39, 0.29) is 29.3 Å². The van der Waals surface area contributed by atoms with Crippen molar-refractivity contribution in [3.63, 3.8) is 0 Å². The van der Waals surface area contributed by atoms with Crippen molar-refractivity contribution in [3.8, 4) is 0 Å². The minimum Gasteiger partial charge on any atom is -0.477 e. The lowest BCUT2D eigenvalue weighted by Crippen LogP contribution is -2.71. The van der Waals surface area contributed by atoms with Crippen LogP contribution >= 0.6 is 11.8 Å². The van der Waals surface area contributed by atoms with Crippen molar-refractivity contribution in [1.29, 1.82) is 0 Å². The van der Waals surface area contributed by atoms with Crippen LogP contribution in [0.15, 0.2) is 17.3 Å². The molecule has 2 aliphatic rings. The van der Waals surface area contributed by atoms with Gasteiger partial charge in [-0.2, -0.15) is 18.3 Å². The molecular weight excluding hydrogens is 457 g/mol. The van der Waals surface area contributed by atoms with Gasteiger partial charge in [-0.1, -0.05) is 0 Å². The molecule has 1 fully saturated rings. The van der Waals surface area contributed by atoms with Crippen LogP contribution in [0.4, 0.5) is 13.2 Å². The number of esters is 1. The summed E-state index contributed by atoms with van der Waals surface area (Å²) in [5.74, 6) is -3.26. The minimum absolute atomic E-state index is 0.111. The van der Waals surface area contributed by atoms with E-state index in [1.807, 2.05) is 0 Å². The van der Waals surface area contributed by atoms with Gasteiger partial charge >= 0.3 is 18.1 Å². The SMILES string of the molecule is CC(=O)OCC1=C(C(=O)O)N2C(=O)C(NC(=O)C(C)n3nc(C(F)(F)F)cc3C)C2SC1. The number of carbonyl (C=O) groups is 4. The first-order valence-electron chi connectivity index (χ1n) is 9.30. The number of nitrogens with zero attached hydrogens (tertiary/aromatic N) is 3. The number of carbonyl (C=O) groups excluding carboxylic acids is 3. The van der Waals surface area contributed by atoms with Crippen LogP contribution < -0.4 is 5.32 Å². The number of β-lactam (4-membered cyclic amide) rings is 1. The van der Waals surface area contributed by atoms with E-state index in [4.69, 9.17) is 4.74 Å². The highest BCUT2D eigenvalue weighted by Gasteiger charge is 2.54. The average Bonchev–Trinajstić information content (AvgIpc) is 3.10. The zero-order valence-corrected chi connectivity index (χ0v) is 17.9. The molecule has 1 aromatic rings. The Kier molecular flexibility index (Phi) is 6.26. The number of thioether (sulfide) groups is 1. The van der Waals surface area contributed by atoms with E-state index < -0.39 is 53.1 Å². The van der Waals surface area contributed by atoms with E-state index in [0.29, 0.717) is 0 Å². The molecule has 1 aromatic heterocycles. The summed E-state index contributed by atoms with van der Waals surface area (Å²) in [6, 6.07) is -1.39. The zero-order chi connectivity index (χ0) is 24.0. The molecule has 3 atom stereocenters. The molecule has 0 bridgehead atoms. The van der Waals surface area contributed by atoms with Gasteiger partial charge in [0.2, 0.25) is 5.91 Å². The van der Waals surface area contributed by atoms with Crippen LogP contribution in [0, 0.1) is 6.92 Å². The molecule has 3 unspecified atom stereocenters. The Labute approximate surface area is 183 Å². The summed E-state index contributed by atoms with van der Waals surface area (Å²) in [6.07, 6.45) is -4.67. The van der Waals surface area contributed by atoms with Gasteiger partial charge in [-0.25, -0.2) is 4.79 Å². The highest BCUT2D eigenvalue weighted by molar-refractivity contribution is 8.00. The molecule has 3 rings (SSSR count). The van der Waals surface area contributed by atoms with E-state index >= 15 is 0 Å². The van der Waals surface area contributed by atoms with Gasteiger partial charge in [-0.05, 0) is 19.9 Å². The van der Waals surface area contributed by atoms with Gasteiger partial charge in [0.1, 0.15) is 29.8 Å². The third-order valence-electron chi connectivity index (χ3n) is 4.96. The van der Waals surface area contributed by atoms with Crippen LogP contribution in [0.2, 0.25) is 0 Å². The number of hydrogen-bond donors (Lipinski definition) is 2. The number of halogens is 3. The summed E-state index contributed by atoms with van der Waals surface area (Å²) in [6.45, 7) is 3.59. The van der Waals surface area contributed by atoms with Gasteiger partial charge in [0.05, 0.1) is 0 Å². The maximum absolute atomic E-state index is 12.9. The van der Waals surface area contributed by atoms with Gasteiger partial charge in [0.25, 0.3) is 5.91 Å². The van der Waals surface area contributed by atoms with Gasteiger partial charge in [0.15, 0.2) is 5.69 Å². The van der Waals surface area contributed by atoms with Crippen molar-refractivity contribution in [1.82, 2.24) is 20.0 Å². The summed E-state index contributed by atoms with van der Waals surface area (Å²) in [5.41, 5.74) is -1.09. The molecule has 0 spiro atoms. The van der Waals surface area contributed by atoms with Crippen LogP contribution in [0.3, 0.4) is 0 Å². The molecule has 10 nitrogen and oxygen atoms in total. The Morgan fingerprint density at radius 2 is 2.06 bits per heavy atom. The molecule has 0 aromatic carbocycles. The van der Waals surface area contributed by atoms with E-state index in [2.05, 4.69) is 10.4 Å². The second-order valence-electron chi connectivity index (χ2n) is 7.22. The van der Waals surface area contributed by atoms with Crippen LogP contribution in [-0.4, -0.2) is 67.3 Å². The number of aryl methyl sites for hydroxylation is 1. The molecule has 2 amide bonds. The minimum atomic E-state index is -4.67. The van der Waals surface area contributed by atoms with Crippen molar-refractivity contribution >= 4 is 35.5 Å². The van der Waals surface area contributed by atoms with Crippen LogP contribution in [0.1, 0.15) is 31.3 Å². The number of aromatic nitrogens is 2. The summed E-state index contributed by atoms with van der Waals surface area (Å²) in [7, 11) is 0. The number of aliphatic carboxylic acids is 1. The number of amides is 2. The predicted molar refractivity (Wildman–Crippen MR) is 103 cm³/mol. The fraction of sp³-hybridized carbons (Fsp3) is 0.500. The number of nitrogens with one attached hydrogen (secondary N) is 1. The van der Waals surface area contributed by atoms with Gasteiger partial charge < -0.3 is 15.2 Å². The number of rotatable bonds is 6. The Morgan fingerprint density at radius 1 is 1.41 bits per heavy atom. The third-order valence-corrected chi connectivity index (χ3v) is 6.30. The second-order valence-corrected chi connectivity index (χ2v) is 8.33. The maximum Gasteiger partial charge on any atom is 0.435 e.